The summed E-state index contributed by atoms with van der Waals surface area (Å²) in [7, 11) is 1.30. The lowest BCUT2D eigenvalue weighted by atomic mass is 9.91. The Labute approximate surface area is 249 Å². The van der Waals surface area contributed by atoms with Gasteiger partial charge in [-0.3, -0.25) is 4.79 Å². The summed E-state index contributed by atoms with van der Waals surface area (Å²) in [6.45, 7) is 0.597. The predicted molar refractivity (Wildman–Crippen MR) is 146 cm³/mol. The molecule has 2 fully saturated rings. The maximum Gasteiger partial charge on any atom is 0.259 e. The van der Waals surface area contributed by atoms with Crippen molar-refractivity contribution < 1.29 is 43.1 Å². The fourth-order valence-corrected chi connectivity index (χ4v) is 5.80. The number of aromatic nitrogens is 3. The molecule has 3 N–H and O–H groups in total. The zero-order chi connectivity index (χ0) is 30.3. The minimum absolute atomic E-state index is 0.00695. The van der Waals surface area contributed by atoms with Crippen molar-refractivity contribution in [2.75, 3.05) is 31.8 Å². The van der Waals surface area contributed by atoms with Crippen LogP contribution in [0.3, 0.4) is 0 Å². The van der Waals surface area contributed by atoms with Gasteiger partial charge < -0.3 is 34.4 Å². The molecule has 226 valence electrons. The van der Waals surface area contributed by atoms with Gasteiger partial charge in [0.15, 0.2) is 6.10 Å². The Kier molecular flexibility index (Phi) is 9.11. The first-order valence-corrected chi connectivity index (χ1v) is 13.7. The number of carbonyl (C=O) groups is 1. The SMILES string of the molecule is COC1C(C(=O)N(c2cc(Cl)cc(Cl)c2)[C@@H]2COC[C@H]2O)OC(CO)C(O)C1n1cc(-c2cc(F)c(C)c(F)c2)nn1. The summed E-state index contributed by atoms with van der Waals surface area (Å²) in [5, 5.41) is 40.4. The lowest BCUT2D eigenvalue weighted by Crippen LogP contribution is -2.63. The minimum Gasteiger partial charge on any atom is -0.394 e. The number of amides is 1. The van der Waals surface area contributed by atoms with Crippen LogP contribution in [0.1, 0.15) is 11.6 Å². The van der Waals surface area contributed by atoms with Crippen LogP contribution < -0.4 is 4.90 Å². The Morgan fingerprint density at radius 1 is 1.14 bits per heavy atom. The van der Waals surface area contributed by atoms with Crippen molar-refractivity contribution in [1.29, 1.82) is 0 Å². The number of methoxy groups -OCH3 is 1. The van der Waals surface area contributed by atoms with Gasteiger partial charge in [0.25, 0.3) is 5.91 Å². The van der Waals surface area contributed by atoms with E-state index in [1.54, 1.807) is 0 Å². The van der Waals surface area contributed by atoms with E-state index in [-0.39, 0.29) is 45.8 Å². The van der Waals surface area contributed by atoms with E-state index in [0.29, 0.717) is 0 Å². The number of benzene rings is 2. The molecule has 2 aromatic carbocycles. The zero-order valence-electron chi connectivity index (χ0n) is 22.4. The van der Waals surface area contributed by atoms with Crippen molar-refractivity contribution in [2.45, 2.75) is 49.5 Å². The second kappa shape index (κ2) is 12.5. The van der Waals surface area contributed by atoms with Crippen LogP contribution in [-0.4, -0.2) is 99.7 Å². The molecule has 2 aliphatic rings. The van der Waals surface area contributed by atoms with Crippen molar-refractivity contribution in [3.63, 3.8) is 0 Å². The third kappa shape index (κ3) is 5.75. The maximum atomic E-state index is 14.3. The molecule has 11 nitrogen and oxygen atoms in total. The van der Waals surface area contributed by atoms with E-state index in [4.69, 9.17) is 37.4 Å². The average molecular weight is 629 g/mol. The lowest BCUT2D eigenvalue weighted by molar-refractivity contribution is -0.211. The van der Waals surface area contributed by atoms with Crippen molar-refractivity contribution in [1.82, 2.24) is 15.0 Å². The monoisotopic (exact) mass is 628 g/mol. The molecule has 0 bridgehead atoms. The zero-order valence-corrected chi connectivity index (χ0v) is 23.9. The smallest absolute Gasteiger partial charge is 0.259 e. The molecular weight excluding hydrogens is 601 g/mol. The van der Waals surface area contributed by atoms with E-state index < -0.39 is 66.8 Å². The first-order chi connectivity index (χ1) is 20.0. The number of hydrogen-bond acceptors (Lipinski definition) is 9. The van der Waals surface area contributed by atoms with E-state index in [9.17, 15) is 28.9 Å². The van der Waals surface area contributed by atoms with E-state index in [2.05, 4.69) is 10.3 Å². The molecule has 2 aliphatic heterocycles. The Morgan fingerprint density at radius 3 is 2.38 bits per heavy atom. The maximum absolute atomic E-state index is 14.3. The molecule has 42 heavy (non-hydrogen) atoms. The Balaban J connectivity index is 1.54. The summed E-state index contributed by atoms with van der Waals surface area (Å²) < 4.78 is 46.7. The highest BCUT2D eigenvalue weighted by Crippen LogP contribution is 2.36. The van der Waals surface area contributed by atoms with Crippen LogP contribution in [0.5, 0.6) is 0 Å². The lowest BCUT2D eigenvalue weighted by Gasteiger charge is -2.45. The van der Waals surface area contributed by atoms with Crippen LogP contribution in [0.2, 0.25) is 10.0 Å². The summed E-state index contributed by atoms with van der Waals surface area (Å²) >= 11 is 12.5. The highest BCUT2D eigenvalue weighted by Gasteiger charge is 2.52. The van der Waals surface area contributed by atoms with Gasteiger partial charge in [-0.05, 0) is 37.3 Å². The fraction of sp³-hybridized carbons (Fsp3) is 0.444. The number of carbonyl (C=O) groups excluding carboxylic acids is 1. The number of aliphatic hydroxyl groups is 3. The van der Waals surface area contributed by atoms with Gasteiger partial charge in [0, 0.05) is 34.0 Å². The number of rotatable bonds is 7. The van der Waals surface area contributed by atoms with Gasteiger partial charge in [0.2, 0.25) is 0 Å². The van der Waals surface area contributed by atoms with Gasteiger partial charge in [0.05, 0.1) is 32.1 Å². The van der Waals surface area contributed by atoms with Crippen molar-refractivity contribution in [3.05, 3.63) is 63.8 Å². The molecule has 7 atom stereocenters. The van der Waals surface area contributed by atoms with Gasteiger partial charge in [-0.1, -0.05) is 28.4 Å². The molecule has 5 rings (SSSR count). The molecule has 15 heteroatoms. The summed E-state index contributed by atoms with van der Waals surface area (Å²) in [5.74, 6) is -2.25. The molecule has 3 heterocycles. The number of anilines is 1. The molecule has 0 radical (unpaired) electrons. The third-order valence-electron chi connectivity index (χ3n) is 7.49. The molecule has 2 saturated heterocycles. The molecule has 0 spiro atoms. The molecular formula is C27H28Cl2F2N4O7. The van der Waals surface area contributed by atoms with Gasteiger partial charge in [-0.2, -0.15) is 0 Å². The number of ether oxygens (including phenoxy) is 3. The predicted octanol–water partition coefficient (Wildman–Crippen LogP) is 2.31. The van der Waals surface area contributed by atoms with E-state index in [1.165, 1.54) is 48.0 Å². The van der Waals surface area contributed by atoms with Crippen LogP contribution in [-0.2, 0) is 19.0 Å². The first kappa shape index (κ1) is 30.7. The highest BCUT2D eigenvalue weighted by atomic mass is 35.5. The van der Waals surface area contributed by atoms with E-state index in [0.717, 1.165) is 12.1 Å². The van der Waals surface area contributed by atoms with Gasteiger partial charge in [-0.15, -0.1) is 5.10 Å². The number of halogens is 4. The van der Waals surface area contributed by atoms with Crippen LogP contribution >= 0.6 is 23.2 Å². The van der Waals surface area contributed by atoms with Gasteiger partial charge >= 0.3 is 0 Å². The average Bonchev–Trinajstić information content (AvgIpc) is 3.60. The number of nitrogens with zero attached hydrogens (tertiary/aromatic N) is 4. The molecule has 0 aliphatic carbocycles. The summed E-state index contributed by atoms with van der Waals surface area (Å²) in [4.78, 5) is 15.5. The van der Waals surface area contributed by atoms with E-state index >= 15 is 0 Å². The van der Waals surface area contributed by atoms with Crippen molar-refractivity contribution in [3.8, 4) is 11.3 Å². The van der Waals surface area contributed by atoms with Crippen molar-refractivity contribution in [2.24, 2.45) is 0 Å². The summed E-state index contributed by atoms with van der Waals surface area (Å²) in [5.41, 5.74) is 0.287. The summed E-state index contributed by atoms with van der Waals surface area (Å²) in [6.07, 6.45) is -5.10. The topological polar surface area (TPSA) is 139 Å². The molecule has 1 aromatic heterocycles. The second-order valence-corrected chi connectivity index (χ2v) is 11.0. The van der Waals surface area contributed by atoms with Crippen LogP contribution in [0.4, 0.5) is 14.5 Å². The fourth-order valence-electron chi connectivity index (χ4n) is 5.28. The van der Waals surface area contributed by atoms with Crippen molar-refractivity contribution >= 4 is 34.8 Å². The Hall–Kier alpha value is -2.75. The van der Waals surface area contributed by atoms with Gasteiger partial charge in [0.1, 0.15) is 47.8 Å². The second-order valence-electron chi connectivity index (χ2n) is 10.1. The summed E-state index contributed by atoms with van der Waals surface area (Å²) in [6, 6.07) is 4.66. The highest BCUT2D eigenvalue weighted by molar-refractivity contribution is 6.35. The molecule has 5 unspecified atom stereocenters. The quantitative estimate of drug-likeness (QED) is 0.360. The first-order valence-electron chi connectivity index (χ1n) is 12.9. The van der Waals surface area contributed by atoms with Crippen LogP contribution in [0, 0.1) is 18.6 Å². The molecule has 1 amide bonds. The van der Waals surface area contributed by atoms with Crippen LogP contribution in [0.25, 0.3) is 11.3 Å². The number of aliphatic hydroxyl groups excluding tert-OH is 3. The Bertz CT molecular complexity index is 1420. The molecule has 3 aromatic rings. The minimum atomic E-state index is -1.45. The largest absolute Gasteiger partial charge is 0.394 e. The van der Waals surface area contributed by atoms with Crippen LogP contribution in [0.15, 0.2) is 36.5 Å². The third-order valence-corrected chi connectivity index (χ3v) is 7.93. The standard InChI is InChI=1S/C27H28Cl2F2N4O7/c1-12-17(30)3-13(4-18(12)31)19-8-34(33-32-19)23-24(38)22(9-36)42-26(25(23)40-2)27(39)35(20-10-41-11-21(20)37)16-6-14(28)5-15(29)7-16/h3-8,20-26,36-38H,9-11H2,1-2H3/t20-,21-,22?,23?,24?,25?,26?/m1/s1. The van der Waals surface area contributed by atoms with Gasteiger partial charge in [-0.25, -0.2) is 13.5 Å². The Morgan fingerprint density at radius 2 is 1.81 bits per heavy atom. The van der Waals surface area contributed by atoms with E-state index in [1.807, 2.05) is 0 Å². The normalized spacial score (nSPS) is 27.8. The molecule has 0 saturated carbocycles. The number of hydrogen-bond donors (Lipinski definition) is 3.